The number of nitriles is 1. The summed E-state index contributed by atoms with van der Waals surface area (Å²) in [5, 5.41) is 10.1. The summed E-state index contributed by atoms with van der Waals surface area (Å²) in [6.07, 6.45) is 0. The van der Waals surface area contributed by atoms with Gasteiger partial charge in [0.2, 0.25) is 0 Å². The van der Waals surface area contributed by atoms with Gasteiger partial charge in [0.05, 0.1) is 0 Å². The first kappa shape index (κ1) is 14.7. The van der Waals surface area contributed by atoms with Crippen LogP contribution in [0.2, 0.25) is 15.1 Å². The third-order valence-corrected chi connectivity index (χ3v) is 10.6. The average molecular weight is 225 g/mol. The van der Waals surface area contributed by atoms with Gasteiger partial charge in [-0.15, -0.1) is 0 Å². The number of hydrogen-bond donors (Lipinski definition) is 0. The van der Waals surface area contributed by atoms with E-state index in [1.54, 1.807) is 0 Å². The van der Waals surface area contributed by atoms with Crippen molar-refractivity contribution in [2.24, 2.45) is 0 Å². The summed E-state index contributed by atoms with van der Waals surface area (Å²) in [4.78, 5) is 0. The summed E-state index contributed by atoms with van der Waals surface area (Å²) in [7, 11) is -2.07. The molecule has 0 aliphatic carbocycles. The molecule has 0 fully saturated rings. The molecule has 0 aromatic rings. The second-order valence-electron chi connectivity index (χ2n) is 7.61. The summed E-state index contributed by atoms with van der Waals surface area (Å²) in [6, 6.07) is 0. The van der Waals surface area contributed by atoms with E-state index in [1.165, 1.54) is 0 Å². The van der Waals surface area contributed by atoms with Gasteiger partial charge in [-0.2, -0.15) is 0 Å². The van der Waals surface area contributed by atoms with E-state index in [0.717, 1.165) is 0 Å². The van der Waals surface area contributed by atoms with Crippen LogP contribution >= 0.6 is 0 Å². The third kappa shape index (κ3) is 2.13. The highest BCUT2D eigenvalue weighted by atomic mass is 28.3. The Hall–Kier alpha value is -0.293. The van der Waals surface area contributed by atoms with Crippen LogP contribution in [0.3, 0.4) is 0 Å². The molecule has 88 valence electrons. The Morgan fingerprint density at radius 2 is 0.867 bits per heavy atom. The van der Waals surface area contributed by atoms with Crippen molar-refractivity contribution in [3.8, 4) is 5.69 Å². The van der Waals surface area contributed by atoms with Crippen molar-refractivity contribution < 1.29 is 0 Å². The van der Waals surface area contributed by atoms with Crippen LogP contribution in [-0.2, 0) is 0 Å². The molecular weight excluding hydrogens is 198 g/mol. The molecule has 0 spiro atoms. The number of rotatable bonds is 0. The molecule has 0 heterocycles. The van der Waals surface area contributed by atoms with E-state index in [1.807, 2.05) is 0 Å². The van der Waals surface area contributed by atoms with E-state index < -0.39 is 8.07 Å². The fraction of sp³-hybridized carbons (Fsp3) is 0.923. The predicted octanol–water partition coefficient (Wildman–Crippen LogP) is 4.90. The monoisotopic (exact) mass is 225 g/mol. The van der Waals surface area contributed by atoms with E-state index in [2.05, 4.69) is 68.0 Å². The summed E-state index contributed by atoms with van der Waals surface area (Å²) in [6.45, 7) is 20.1. The number of hydrogen-bond acceptors (Lipinski definition) is 1. The topological polar surface area (TPSA) is 23.8 Å². The Morgan fingerprint density at radius 3 is 0.867 bits per heavy atom. The van der Waals surface area contributed by atoms with Crippen molar-refractivity contribution in [2.45, 2.75) is 77.4 Å². The summed E-state index contributed by atoms with van der Waals surface area (Å²) in [5.41, 5.74) is 2.77. The molecule has 0 unspecified atom stereocenters. The molecule has 0 bridgehead atoms. The van der Waals surface area contributed by atoms with E-state index in [-0.39, 0.29) is 15.1 Å². The molecule has 0 N–H and O–H groups in total. The predicted molar refractivity (Wildman–Crippen MR) is 70.5 cm³/mol. The van der Waals surface area contributed by atoms with Crippen molar-refractivity contribution in [2.75, 3.05) is 0 Å². The van der Waals surface area contributed by atoms with Gasteiger partial charge in [-0.3, -0.25) is 0 Å². The van der Waals surface area contributed by atoms with Gasteiger partial charge in [-0.05, 0) is 15.1 Å². The van der Waals surface area contributed by atoms with Gasteiger partial charge < -0.3 is 0 Å². The smallest absolute Gasteiger partial charge is 0.189 e. The zero-order valence-corrected chi connectivity index (χ0v) is 12.9. The molecule has 2 heteroatoms. The molecule has 0 aliphatic heterocycles. The fourth-order valence-corrected chi connectivity index (χ4v) is 11.6. The van der Waals surface area contributed by atoms with Crippen LogP contribution in [0.4, 0.5) is 0 Å². The molecule has 0 atom stereocenters. The molecule has 0 amide bonds. The number of nitrogens with zero attached hydrogens (tertiary/aromatic N) is 1. The van der Waals surface area contributed by atoms with Gasteiger partial charge in [0.15, 0.2) is 8.07 Å². The van der Waals surface area contributed by atoms with Gasteiger partial charge in [0, 0.05) is 5.69 Å². The average Bonchev–Trinajstić information content (AvgIpc) is 1.76. The lowest BCUT2D eigenvalue weighted by Gasteiger charge is -2.54. The van der Waals surface area contributed by atoms with Crippen molar-refractivity contribution in [1.29, 1.82) is 5.26 Å². The Bertz CT molecular complexity index is 229. The molecule has 0 aromatic heterocycles. The Morgan fingerprint density at radius 1 is 0.667 bits per heavy atom. The van der Waals surface area contributed by atoms with Gasteiger partial charge in [-0.25, -0.2) is 5.26 Å². The zero-order valence-electron chi connectivity index (χ0n) is 11.9. The molecule has 0 saturated carbocycles. The Kier molecular flexibility index (Phi) is 3.55. The maximum atomic E-state index is 9.80. The third-order valence-electron chi connectivity index (χ3n) is 3.54. The maximum absolute atomic E-state index is 9.80. The summed E-state index contributed by atoms with van der Waals surface area (Å²) < 4.78 is 0. The molecule has 0 saturated heterocycles. The molecular formula is C13H27NSi. The fourth-order valence-electron chi connectivity index (χ4n) is 3.88. The molecule has 0 rings (SSSR count). The Balaban J connectivity index is 5.93. The van der Waals surface area contributed by atoms with Crippen LogP contribution in [0.25, 0.3) is 0 Å². The SMILES string of the molecule is CC(C)(C)[Si](C#N)(C(C)(C)C)C(C)(C)C. The summed E-state index contributed by atoms with van der Waals surface area (Å²) in [5.74, 6) is 0. The minimum Gasteiger partial charge on any atom is -0.207 e. The van der Waals surface area contributed by atoms with Crippen LogP contribution < -0.4 is 0 Å². The van der Waals surface area contributed by atoms with Crippen molar-refractivity contribution >= 4 is 8.07 Å². The molecule has 0 radical (unpaired) electrons. The van der Waals surface area contributed by atoms with E-state index in [0.29, 0.717) is 0 Å². The summed E-state index contributed by atoms with van der Waals surface area (Å²) >= 11 is 0. The van der Waals surface area contributed by atoms with Gasteiger partial charge in [0.1, 0.15) is 0 Å². The molecule has 0 aromatic carbocycles. The van der Waals surface area contributed by atoms with E-state index in [9.17, 15) is 5.26 Å². The van der Waals surface area contributed by atoms with E-state index >= 15 is 0 Å². The second-order valence-corrected chi connectivity index (χ2v) is 13.8. The highest BCUT2D eigenvalue weighted by Crippen LogP contribution is 2.61. The maximum Gasteiger partial charge on any atom is 0.189 e. The van der Waals surface area contributed by atoms with Gasteiger partial charge in [0.25, 0.3) is 0 Å². The van der Waals surface area contributed by atoms with Crippen LogP contribution in [0.1, 0.15) is 62.3 Å². The molecule has 0 aliphatic rings. The van der Waals surface area contributed by atoms with Crippen molar-refractivity contribution in [3.63, 3.8) is 0 Å². The molecule has 15 heavy (non-hydrogen) atoms. The minimum absolute atomic E-state index is 0.109. The first-order chi connectivity index (χ1) is 6.31. The lowest BCUT2D eigenvalue weighted by Crippen LogP contribution is -2.57. The van der Waals surface area contributed by atoms with Crippen LogP contribution in [0, 0.1) is 11.0 Å². The lowest BCUT2D eigenvalue weighted by molar-refractivity contribution is 0.548. The van der Waals surface area contributed by atoms with Gasteiger partial charge in [-0.1, -0.05) is 62.3 Å². The highest BCUT2D eigenvalue weighted by molar-refractivity contribution is 6.93. The highest BCUT2D eigenvalue weighted by Gasteiger charge is 2.61. The first-order valence-electron chi connectivity index (χ1n) is 5.72. The van der Waals surface area contributed by atoms with Crippen molar-refractivity contribution in [1.82, 2.24) is 0 Å². The lowest BCUT2D eigenvalue weighted by atomic mass is 10.2. The Labute approximate surface area is 96.9 Å². The van der Waals surface area contributed by atoms with Crippen molar-refractivity contribution in [3.05, 3.63) is 0 Å². The van der Waals surface area contributed by atoms with Crippen LogP contribution in [0.5, 0.6) is 0 Å². The largest absolute Gasteiger partial charge is 0.207 e. The first-order valence-corrected chi connectivity index (χ1v) is 7.72. The van der Waals surface area contributed by atoms with E-state index in [4.69, 9.17) is 0 Å². The normalized spacial score (nSPS) is 14.9. The molecule has 1 nitrogen and oxygen atoms in total. The minimum atomic E-state index is -2.07. The second kappa shape index (κ2) is 3.63. The zero-order chi connectivity index (χ0) is 12.7. The van der Waals surface area contributed by atoms with Crippen LogP contribution in [-0.4, -0.2) is 8.07 Å². The standard InChI is InChI=1S/C13H27NSi/c1-11(2,3)15(10-14,12(4,5)6)13(7,8)9/h1-9H3. The van der Waals surface area contributed by atoms with Gasteiger partial charge >= 0.3 is 0 Å². The van der Waals surface area contributed by atoms with Crippen LogP contribution in [0.15, 0.2) is 0 Å². The quantitative estimate of drug-likeness (QED) is 0.538.